The first-order valence-electron chi connectivity index (χ1n) is 7.64. The fraction of sp³-hybridized carbons (Fsp3) is 0.933. The third-order valence-electron chi connectivity index (χ3n) is 4.67. The van der Waals surface area contributed by atoms with Crippen LogP contribution in [0, 0.1) is 17.8 Å². The van der Waals surface area contributed by atoms with Crippen LogP contribution >= 0.6 is 12.4 Å². The molecular formula is C15H29ClN2O. The van der Waals surface area contributed by atoms with E-state index in [-0.39, 0.29) is 18.3 Å². The van der Waals surface area contributed by atoms with Gasteiger partial charge in [0.15, 0.2) is 0 Å². The highest BCUT2D eigenvalue weighted by Gasteiger charge is 2.30. The van der Waals surface area contributed by atoms with Crippen molar-refractivity contribution in [2.45, 2.75) is 45.4 Å². The summed E-state index contributed by atoms with van der Waals surface area (Å²) < 4.78 is 0. The molecule has 0 spiro atoms. The Bertz CT molecular complexity index is 279. The molecule has 2 unspecified atom stereocenters. The van der Waals surface area contributed by atoms with E-state index >= 15 is 0 Å². The molecule has 1 saturated carbocycles. The zero-order chi connectivity index (χ0) is 13.0. The van der Waals surface area contributed by atoms with Gasteiger partial charge in [-0.25, -0.2) is 0 Å². The Morgan fingerprint density at radius 1 is 1.26 bits per heavy atom. The third-order valence-corrected chi connectivity index (χ3v) is 4.67. The van der Waals surface area contributed by atoms with E-state index in [1.165, 1.54) is 32.1 Å². The maximum absolute atomic E-state index is 12.4. The van der Waals surface area contributed by atoms with Crippen molar-refractivity contribution >= 4 is 18.3 Å². The van der Waals surface area contributed by atoms with Crippen molar-refractivity contribution in [3.8, 4) is 0 Å². The standard InChI is InChI=1S/C15H28N2O.ClH/c1-12(9-13-5-3-4-6-13)15(18)17-8-7-14(11-17)10-16-2;/h12-14,16H,3-11H2,1-2H3;1H. The average Bonchev–Trinajstić information content (AvgIpc) is 3.00. The second-order valence-corrected chi connectivity index (χ2v) is 6.28. The van der Waals surface area contributed by atoms with Gasteiger partial charge in [0.05, 0.1) is 0 Å². The van der Waals surface area contributed by atoms with Gasteiger partial charge in [0.2, 0.25) is 5.91 Å². The van der Waals surface area contributed by atoms with Crippen LogP contribution in [0.1, 0.15) is 45.4 Å². The van der Waals surface area contributed by atoms with Crippen molar-refractivity contribution in [2.75, 3.05) is 26.7 Å². The summed E-state index contributed by atoms with van der Waals surface area (Å²) in [6.45, 7) is 5.11. The van der Waals surface area contributed by atoms with E-state index in [0.717, 1.165) is 32.0 Å². The van der Waals surface area contributed by atoms with Gasteiger partial charge in [-0.05, 0) is 38.3 Å². The Kier molecular flexibility index (Phi) is 7.16. The lowest BCUT2D eigenvalue weighted by atomic mass is 9.93. The van der Waals surface area contributed by atoms with Crippen molar-refractivity contribution in [2.24, 2.45) is 17.8 Å². The Labute approximate surface area is 123 Å². The van der Waals surface area contributed by atoms with Crippen LogP contribution in [0.3, 0.4) is 0 Å². The molecule has 112 valence electrons. The van der Waals surface area contributed by atoms with E-state index in [2.05, 4.69) is 17.1 Å². The van der Waals surface area contributed by atoms with Crippen molar-refractivity contribution in [1.29, 1.82) is 0 Å². The van der Waals surface area contributed by atoms with E-state index in [9.17, 15) is 4.79 Å². The van der Waals surface area contributed by atoms with Crippen LogP contribution in [-0.2, 0) is 4.79 Å². The van der Waals surface area contributed by atoms with Crippen molar-refractivity contribution in [3.63, 3.8) is 0 Å². The summed E-state index contributed by atoms with van der Waals surface area (Å²) in [5.41, 5.74) is 0. The minimum atomic E-state index is 0. The average molecular weight is 289 g/mol. The second kappa shape index (κ2) is 8.11. The highest BCUT2D eigenvalue weighted by Crippen LogP contribution is 2.31. The first kappa shape index (κ1) is 16.8. The number of hydrogen-bond acceptors (Lipinski definition) is 2. The fourth-order valence-electron chi connectivity index (χ4n) is 3.65. The van der Waals surface area contributed by atoms with Crippen LogP contribution in [0.4, 0.5) is 0 Å². The van der Waals surface area contributed by atoms with Crippen LogP contribution in [0.2, 0.25) is 0 Å². The van der Waals surface area contributed by atoms with Gasteiger partial charge in [0.1, 0.15) is 0 Å². The van der Waals surface area contributed by atoms with E-state index in [1.807, 2.05) is 7.05 Å². The van der Waals surface area contributed by atoms with Crippen molar-refractivity contribution in [1.82, 2.24) is 10.2 Å². The smallest absolute Gasteiger partial charge is 0.225 e. The Morgan fingerprint density at radius 3 is 2.58 bits per heavy atom. The lowest BCUT2D eigenvalue weighted by Crippen LogP contribution is -2.34. The van der Waals surface area contributed by atoms with Crippen LogP contribution in [0.25, 0.3) is 0 Å². The first-order valence-corrected chi connectivity index (χ1v) is 7.64. The summed E-state index contributed by atoms with van der Waals surface area (Å²) >= 11 is 0. The van der Waals surface area contributed by atoms with Gasteiger partial charge in [-0.3, -0.25) is 4.79 Å². The summed E-state index contributed by atoms with van der Waals surface area (Å²) in [6.07, 6.45) is 7.73. The maximum Gasteiger partial charge on any atom is 0.225 e. The van der Waals surface area contributed by atoms with Crippen molar-refractivity contribution < 1.29 is 4.79 Å². The van der Waals surface area contributed by atoms with Gasteiger partial charge in [-0.2, -0.15) is 0 Å². The molecule has 1 N–H and O–H groups in total. The Hall–Kier alpha value is -0.280. The summed E-state index contributed by atoms with van der Waals surface area (Å²) in [5.74, 6) is 2.12. The number of carbonyl (C=O) groups excluding carboxylic acids is 1. The number of amides is 1. The molecule has 0 aromatic rings. The van der Waals surface area contributed by atoms with Gasteiger partial charge >= 0.3 is 0 Å². The molecule has 2 fully saturated rings. The lowest BCUT2D eigenvalue weighted by molar-refractivity contribution is -0.134. The Balaban J connectivity index is 0.00000180. The number of likely N-dealkylation sites (tertiary alicyclic amines) is 1. The zero-order valence-corrected chi connectivity index (χ0v) is 13.2. The molecule has 1 amide bonds. The molecule has 1 heterocycles. The predicted molar refractivity (Wildman–Crippen MR) is 81.6 cm³/mol. The van der Waals surface area contributed by atoms with Gasteiger partial charge in [-0.15, -0.1) is 12.4 Å². The summed E-state index contributed by atoms with van der Waals surface area (Å²) in [5, 5.41) is 3.22. The summed E-state index contributed by atoms with van der Waals surface area (Å²) in [7, 11) is 1.99. The van der Waals surface area contributed by atoms with Crippen molar-refractivity contribution in [3.05, 3.63) is 0 Å². The summed E-state index contributed by atoms with van der Waals surface area (Å²) in [4.78, 5) is 14.5. The minimum absolute atomic E-state index is 0. The monoisotopic (exact) mass is 288 g/mol. The molecule has 2 aliphatic rings. The lowest BCUT2D eigenvalue weighted by Gasteiger charge is -2.23. The highest BCUT2D eigenvalue weighted by molar-refractivity contribution is 5.85. The van der Waals surface area contributed by atoms with Gasteiger partial charge in [-0.1, -0.05) is 32.6 Å². The molecule has 0 bridgehead atoms. The number of carbonyl (C=O) groups is 1. The third kappa shape index (κ3) is 4.64. The first-order chi connectivity index (χ1) is 8.70. The molecule has 0 radical (unpaired) electrons. The number of nitrogens with one attached hydrogen (secondary N) is 1. The molecule has 1 aliphatic heterocycles. The quantitative estimate of drug-likeness (QED) is 0.844. The molecule has 0 aromatic carbocycles. The molecule has 19 heavy (non-hydrogen) atoms. The van der Waals surface area contributed by atoms with E-state index < -0.39 is 0 Å². The van der Waals surface area contributed by atoms with Gasteiger partial charge in [0, 0.05) is 19.0 Å². The van der Waals surface area contributed by atoms with Crippen LogP contribution in [0.15, 0.2) is 0 Å². The zero-order valence-electron chi connectivity index (χ0n) is 12.4. The van der Waals surface area contributed by atoms with E-state index in [4.69, 9.17) is 0 Å². The topological polar surface area (TPSA) is 32.3 Å². The fourth-order valence-corrected chi connectivity index (χ4v) is 3.65. The summed E-state index contributed by atoms with van der Waals surface area (Å²) in [6, 6.07) is 0. The SMILES string of the molecule is CNCC1CCN(C(=O)C(C)CC2CCCC2)C1.Cl. The second-order valence-electron chi connectivity index (χ2n) is 6.28. The number of hydrogen-bond donors (Lipinski definition) is 1. The molecular weight excluding hydrogens is 260 g/mol. The van der Waals surface area contributed by atoms with E-state index in [0.29, 0.717) is 11.8 Å². The largest absolute Gasteiger partial charge is 0.342 e. The molecule has 3 nitrogen and oxygen atoms in total. The number of rotatable bonds is 5. The molecule has 1 saturated heterocycles. The van der Waals surface area contributed by atoms with Gasteiger partial charge < -0.3 is 10.2 Å². The highest BCUT2D eigenvalue weighted by atomic mass is 35.5. The molecule has 2 atom stereocenters. The van der Waals surface area contributed by atoms with Gasteiger partial charge in [0.25, 0.3) is 0 Å². The van der Waals surface area contributed by atoms with E-state index in [1.54, 1.807) is 0 Å². The normalized spacial score (nSPS) is 25.4. The van der Waals surface area contributed by atoms with Crippen LogP contribution in [0.5, 0.6) is 0 Å². The molecule has 1 aliphatic carbocycles. The number of nitrogens with zero attached hydrogens (tertiary/aromatic N) is 1. The molecule has 2 rings (SSSR count). The Morgan fingerprint density at radius 2 is 1.95 bits per heavy atom. The minimum Gasteiger partial charge on any atom is -0.342 e. The molecule has 4 heteroatoms. The maximum atomic E-state index is 12.4. The van der Waals surface area contributed by atoms with Crippen LogP contribution < -0.4 is 5.32 Å². The van der Waals surface area contributed by atoms with Crippen LogP contribution in [-0.4, -0.2) is 37.5 Å². The molecule has 0 aromatic heterocycles. The predicted octanol–water partition coefficient (Wildman–Crippen LogP) is 2.69. The number of halogens is 1.